The van der Waals surface area contributed by atoms with Crippen molar-refractivity contribution in [2.45, 2.75) is 39.5 Å². The van der Waals surface area contributed by atoms with Crippen LogP contribution < -0.4 is 30.4 Å². The summed E-state index contributed by atoms with van der Waals surface area (Å²) in [5, 5.41) is 0. The lowest BCUT2D eigenvalue weighted by molar-refractivity contribution is 0.319. The minimum atomic E-state index is -0.308. The maximum Gasteiger partial charge on any atom is 0.169 e. The molecule has 0 bridgehead atoms. The van der Waals surface area contributed by atoms with E-state index < -0.39 is 0 Å². The molecule has 6 heteroatoms. The predicted octanol–water partition coefficient (Wildman–Crippen LogP) is 7.95. The third-order valence-electron chi connectivity index (χ3n) is 6.68. The van der Waals surface area contributed by atoms with Gasteiger partial charge in [-0.25, -0.2) is 0 Å². The Hall–Kier alpha value is -4.32. The quantitative estimate of drug-likeness (QED) is 0.198. The molecule has 198 valence electrons. The number of anilines is 2. The normalized spacial score (nSPS) is 11.2. The summed E-state index contributed by atoms with van der Waals surface area (Å²) < 4.78 is 24.3. The highest BCUT2D eigenvalue weighted by molar-refractivity contribution is 5.54. The minimum absolute atomic E-state index is 0.308. The average Bonchev–Trinajstić information content (AvgIpc) is 2.93. The summed E-state index contributed by atoms with van der Waals surface area (Å²) in [6.45, 7) is 9.38. The van der Waals surface area contributed by atoms with Gasteiger partial charge in [-0.3, -0.25) is 0 Å². The second-order valence-electron chi connectivity index (χ2n) is 9.22. The molecule has 0 radical (unpaired) electrons. The first-order valence-electron chi connectivity index (χ1n) is 13.0. The average molecular weight is 513 g/mol. The highest BCUT2D eigenvalue weighted by atomic mass is 16.5. The van der Waals surface area contributed by atoms with Crippen LogP contribution in [-0.2, 0) is 5.41 Å². The first kappa shape index (κ1) is 26.7. The molecule has 0 unspecified atom stereocenters. The minimum Gasteiger partial charge on any atom is -0.490 e. The van der Waals surface area contributed by atoms with E-state index in [1.807, 2.05) is 74.5 Å². The second-order valence-corrected chi connectivity index (χ2v) is 9.22. The van der Waals surface area contributed by atoms with Crippen LogP contribution in [0.3, 0.4) is 0 Å². The molecule has 4 N–H and O–H groups in total. The standard InChI is InChI=1S/C32H36N2O4/c1-5-32(4,22-8-18-28(30(20-22)35-6-2)37-26-14-10-24(33)11-15-26)23-9-19-29(31(21-23)36-7-3)38-27-16-12-25(34)13-17-27/h8-21H,5-7,33-34H2,1-4H3. The van der Waals surface area contributed by atoms with Gasteiger partial charge in [0.05, 0.1) is 13.2 Å². The number of benzene rings is 4. The van der Waals surface area contributed by atoms with Crippen LogP contribution in [0, 0.1) is 0 Å². The number of hydrogen-bond acceptors (Lipinski definition) is 6. The van der Waals surface area contributed by atoms with Crippen LogP contribution in [-0.4, -0.2) is 13.2 Å². The second kappa shape index (κ2) is 11.8. The van der Waals surface area contributed by atoms with Gasteiger partial charge in [-0.2, -0.15) is 0 Å². The van der Waals surface area contributed by atoms with Gasteiger partial charge in [0, 0.05) is 16.8 Å². The van der Waals surface area contributed by atoms with Crippen molar-refractivity contribution in [3.8, 4) is 34.5 Å². The van der Waals surface area contributed by atoms with Crippen LogP contribution in [0.4, 0.5) is 11.4 Å². The molecule has 0 aliphatic rings. The summed E-state index contributed by atoms with van der Waals surface area (Å²) in [5.74, 6) is 4.08. The highest BCUT2D eigenvalue weighted by Crippen LogP contribution is 2.43. The fraction of sp³-hybridized carbons (Fsp3) is 0.250. The Bertz CT molecular complexity index is 1250. The maximum absolute atomic E-state index is 6.13. The zero-order valence-electron chi connectivity index (χ0n) is 22.5. The van der Waals surface area contributed by atoms with Crippen LogP contribution in [0.5, 0.6) is 34.5 Å². The molecule has 4 rings (SSSR count). The van der Waals surface area contributed by atoms with Gasteiger partial charge in [0.15, 0.2) is 23.0 Å². The molecule has 38 heavy (non-hydrogen) atoms. The topological polar surface area (TPSA) is 89.0 Å². The monoisotopic (exact) mass is 512 g/mol. The molecule has 0 amide bonds. The van der Waals surface area contributed by atoms with Gasteiger partial charge < -0.3 is 30.4 Å². The van der Waals surface area contributed by atoms with E-state index in [9.17, 15) is 0 Å². The Kier molecular flexibility index (Phi) is 8.31. The molecule has 4 aromatic carbocycles. The van der Waals surface area contributed by atoms with Crippen LogP contribution in [0.2, 0.25) is 0 Å². The largest absolute Gasteiger partial charge is 0.490 e. The molecular weight excluding hydrogens is 476 g/mol. The molecule has 0 saturated carbocycles. The molecule has 4 aromatic rings. The van der Waals surface area contributed by atoms with Gasteiger partial charge in [-0.05, 0) is 104 Å². The van der Waals surface area contributed by atoms with Crippen LogP contribution in [0.15, 0.2) is 84.9 Å². The van der Waals surface area contributed by atoms with E-state index in [-0.39, 0.29) is 5.41 Å². The Labute approximate surface area is 225 Å². The Morgan fingerprint density at radius 1 is 0.553 bits per heavy atom. The van der Waals surface area contributed by atoms with Gasteiger partial charge in [-0.15, -0.1) is 0 Å². The van der Waals surface area contributed by atoms with E-state index in [1.54, 1.807) is 0 Å². The molecule has 0 atom stereocenters. The van der Waals surface area contributed by atoms with Crippen molar-refractivity contribution in [2.24, 2.45) is 0 Å². The van der Waals surface area contributed by atoms with Crippen molar-refractivity contribution >= 4 is 11.4 Å². The molecular formula is C32H36N2O4. The number of rotatable bonds is 11. The van der Waals surface area contributed by atoms with Crippen LogP contribution >= 0.6 is 0 Å². The van der Waals surface area contributed by atoms with E-state index in [2.05, 4.69) is 38.1 Å². The van der Waals surface area contributed by atoms with E-state index in [1.165, 1.54) is 0 Å². The first-order chi connectivity index (χ1) is 18.4. The van der Waals surface area contributed by atoms with Crippen LogP contribution in [0.1, 0.15) is 45.2 Å². The molecule has 0 saturated heterocycles. The SMILES string of the molecule is CCOc1cc(C(C)(CC)c2ccc(Oc3ccc(N)cc3)c(OCC)c2)ccc1Oc1ccc(N)cc1. The lowest BCUT2D eigenvalue weighted by atomic mass is 9.74. The van der Waals surface area contributed by atoms with Crippen molar-refractivity contribution in [1.82, 2.24) is 0 Å². The van der Waals surface area contributed by atoms with Crippen molar-refractivity contribution in [1.29, 1.82) is 0 Å². The van der Waals surface area contributed by atoms with Gasteiger partial charge >= 0.3 is 0 Å². The van der Waals surface area contributed by atoms with Gasteiger partial charge in [0.2, 0.25) is 0 Å². The van der Waals surface area contributed by atoms with Crippen molar-refractivity contribution in [3.05, 3.63) is 96.1 Å². The third kappa shape index (κ3) is 5.97. The Morgan fingerprint density at radius 3 is 1.29 bits per heavy atom. The number of ether oxygens (including phenoxy) is 4. The Morgan fingerprint density at radius 2 is 0.947 bits per heavy atom. The van der Waals surface area contributed by atoms with E-state index in [0.717, 1.165) is 17.5 Å². The first-order valence-corrected chi connectivity index (χ1v) is 13.0. The number of hydrogen-bond donors (Lipinski definition) is 2. The molecule has 0 aliphatic heterocycles. The maximum atomic E-state index is 6.13. The summed E-state index contributed by atoms with van der Waals surface area (Å²) in [5.41, 5.74) is 14.9. The fourth-order valence-corrected chi connectivity index (χ4v) is 4.31. The fourth-order valence-electron chi connectivity index (χ4n) is 4.31. The third-order valence-corrected chi connectivity index (χ3v) is 6.68. The zero-order valence-corrected chi connectivity index (χ0v) is 22.5. The summed E-state index contributed by atoms with van der Waals surface area (Å²) in [7, 11) is 0. The lowest BCUT2D eigenvalue weighted by Gasteiger charge is -2.31. The number of nitrogen functional groups attached to an aromatic ring is 2. The summed E-state index contributed by atoms with van der Waals surface area (Å²) in [6.07, 6.45) is 0.862. The summed E-state index contributed by atoms with van der Waals surface area (Å²) in [6, 6.07) is 26.9. The predicted molar refractivity (Wildman–Crippen MR) is 154 cm³/mol. The van der Waals surface area contributed by atoms with Crippen molar-refractivity contribution in [3.63, 3.8) is 0 Å². The Balaban J connectivity index is 1.68. The summed E-state index contributed by atoms with van der Waals surface area (Å²) >= 11 is 0. The lowest BCUT2D eigenvalue weighted by Crippen LogP contribution is -2.23. The summed E-state index contributed by atoms with van der Waals surface area (Å²) in [4.78, 5) is 0. The van der Waals surface area contributed by atoms with Gasteiger partial charge in [0.1, 0.15) is 11.5 Å². The van der Waals surface area contributed by atoms with E-state index >= 15 is 0 Å². The number of nitrogens with two attached hydrogens (primary N) is 2. The smallest absolute Gasteiger partial charge is 0.169 e. The van der Waals surface area contributed by atoms with E-state index in [0.29, 0.717) is 59.1 Å². The van der Waals surface area contributed by atoms with Gasteiger partial charge in [-0.1, -0.05) is 26.0 Å². The van der Waals surface area contributed by atoms with Crippen LogP contribution in [0.25, 0.3) is 0 Å². The molecule has 0 heterocycles. The molecule has 0 aromatic heterocycles. The molecule has 0 spiro atoms. The zero-order chi connectivity index (χ0) is 27.1. The molecule has 0 aliphatic carbocycles. The van der Waals surface area contributed by atoms with Gasteiger partial charge in [0.25, 0.3) is 0 Å². The highest BCUT2D eigenvalue weighted by Gasteiger charge is 2.29. The van der Waals surface area contributed by atoms with Crippen molar-refractivity contribution < 1.29 is 18.9 Å². The van der Waals surface area contributed by atoms with Crippen molar-refractivity contribution in [2.75, 3.05) is 24.7 Å². The molecule has 6 nitrogen and oxygen atoms in total. The van der Waals surface area contributed by atoms with E-state index in [4.69, 9.17) is 30.4 Å². The molecule has 0 fully saturated rings.